The number of rotatable bonds is 5. The van der Waals surface area contributed by atoms with E-state index in [0.717, 1.165) is 47.8 Å². The van der Waals surface area contributed by atoms with E-state index in [0.29, 0.717) is 31.0 Å². The summed E-state index contributed by atoms with van der Waals surface area (Å²) in [5.74, 6) is 0.412. The first-order valence-corrected chi connectivity index (χ1v) is 10.3. The molecule has 0 bridgehead atoms. The van der Waals surface area contributed by atoms with Crippen LogP contribution in [-0.4, -0.2) is 45.8 Å². The molecule has 2 N–H and O–H groups in total. The third-order valence-corrected chi connectivity index (χ3v) is 6.74. The monoisotopic (exact) mass is 391 g/mol. The van der Waals surface area contributed by atoms with Crippen LogP contribution in [0, 0.1) is 12.3 Å². The van der Waals surface area contributed by atoms with Gasteiger partial charge in [-0.2, -0.15) is 0 Å². The Labute approximate surface area is 160 Å². The van der Waals surface area contributed by atoms with Crippen LogP contribution in [0.5, 0.6) is 0 Å². The van der Waals surface area contributed by atoms with E-state index < -0.39 is 0 Å². The number of nitrogens with one attached hydrogen (secondary N) is 2. The van der Waals surface area contributed by atoms with Gasteiger partial charge >= 0.3 is 5.69 Å². The van der Waals surface area contributed by atoms with Crippen molar-refractivity contribution in [1.82, 2.24) is 19.4 Å². The second-order valence-electron chi connectivity index (χ2n) is 7.10. The van der Waals surface area contributed by atoms with Crippen molar-refractivity contribution in [3.8, 4) is 0 Å². The molecule has 8 nitrogen and oxygen atoms in total. The summed E-state index contributed by atoms with van der Waals surface area (Å²) >= 11 is 1.50. The molecule has 0 spiro atoms. The van der Waals surface area contributed by atoms with Gasteiger partial charge in [0.15, 0.2) is 5.96 Å². The predicted octanol–water partition coefficient (Wildman–Crippen LogP) is 1.07. The average molecular weight is 391 g/mol. The number of guanidine groups is 1. The number of aromatic nitrogens is 2. The van der Waals surface area contributed by atoms with Crippen molar-refractivity contribution in [3.05, 3.63) is 31.3 Å². The molecule has 0 amide bonds. The van der Waals surface area contributed by atoms with Crippen LogP contribution in [0.1, 0.15) is 30.2 Å². The molecule has 4 heterocycles. The van der Waals surface area contributed by atoms with Crippen molar-refractivity contribution in [2.24, 2.45) is 0 Å². The molecule has 146 valence electrons. The van der Waals surface area contributed by atoms with Gasteiger partial charge in [0.25, 0.3) is 5.56 Å². The van der Waals surface area contributed by atoms with Crippen LogP contribution in [0.25, 0.3) is 10.2 Å². The van der Waals surface area contributed by atoms with Crippen LogP contribution in [-0.2, 0) is 24.4 Å². The lowest BCUT2D eigenvalue weighted by molar-refractivity contribution is 0.0966. The van der Waals surface area contributed by atoms with Gasteiger partial charge in [0.2, 0.25) is 0 Å². The summed E-state index contributed by atoms with van der Waals surface area (Å²) in [6.07, 6.45) is 1.97. The summed E-state index contributed by atoms with van der Waals surface area (Å²) in [5.41, 5.74) is 0.451. The van der Waals surface area contributed by atoms with Gasteiger partial charge in [-0.1, -0.05) is 0 Å². The van der Waals surface area contributed by atoms with Crippen LogP contribution in [0.2, 0.25) is 0 Å². The second-order valence-corrected chi connectivity index (χ2v) is 8.19. The Balaban J connectivity index is 1.84. The summed E-state index contributed by atoms with van der Waals surface area (Å²) in [7, 11) is 0. The maximum atomic E-state index is 13.0. The Morgan fingerprint density at radius 1 is 1.33 bits per heavy atom. The molecule has 27 heavy (non-hydrogen) atoms. The minimum Gasteiger partial charge on any atom is -0.376 e. The largest absolute Gasteiger partial charge is 0.376 e. The van der Waals surface area contributed by atoms with E-state index >= 15 is 0 Å². The molecule has 4 rings (SSSR count). The molecule has 0 saturated carbocycles. The van der Waals surface area contributed by atoms with Crippen molar-refractivity contribution >= 4 is 27.5 Å². The predicted molar refractivity (Wildman–Crippen MR) is 106 cm³/mol. The molecule has 2 aromatic heterocycles. The summed E-state index contributed by atoms with van der Waals surface area (Å²) in [6.45, 7) is 7.45. The molecule has 1 unspecified atom stereocenters. The highest BCUT2D eigenvalue weighted by molar-refractivity contribution is 7.18. The third kappa shape index (κ3) is 3.08. The molecule has 2 aliphatic heterocycles. The quantitative estimate of drug-likeness (QED) is 0.796. The van der Waals surface area contributed by atoms with E-state index in [2.05, 4.69) is 5.32 Å². The Kier molecular flexibility index (Phi) is 4.81. The molecular formula is C18H25N5O3S. The molecular weight excluding hydrogens is 366 g/mol. The standard InChI is InChI=1S/C18H25N5O3S/c1-3-22-15(24)14-11(2)13(10-21-7-6-20-17(21)19)27-16(14)23(18(22)25)9-12-5-4-8-26-12/h12H,3-10H2,1-2H3,(H2,19,20). The van der Waals surface area contributed by atoms with E-state index in [1.54, 1.807) is 4.57 Å². The summed E-state index contributed by atoms with van der Waals surface area (Å²) < 4.78 is 8.78. The molecule has 0 aromatic carbocycles. The van der Waals surface area contributed by atoms with E-state index in [1.807, 2.05) is 18.7 Å². The van der Waals surface area contributed by atoms with Crippen LogP contribution in [0.15, 0.2) is 9.59 Å². The van der Waals surface area contributed by atoms with Crippen molar-refractivity contribution in [2.75, 3.05) is 19.7 Å². The van der Waals surface area contributed by atoms with Crippen LogP contribution in [0.3, 0.4) is 0 Å². The van der Waals surface area contributed by atoms with Crippen LogP contribution < -0.4 is 16.6 Å². The first kappa shape index (κ1) is 18.2. The Hall–Kier alpha value is -2.13. The second kappa shape index (κ2) is 7.12. The summed E-state index contributed by atoms with van der Waals surface area (Å²) in [4.78, 5) is 29.6. The number of nitrogens with zero attached hydrogens (tertiary/aromatic N) is 3. The number of ether oxygens (including phenoxy) is 1. The fraction of sp³-hybridized carbons (Fsp3) is 0.611. The highest BCUT2D eigenvalue weighted by Crippen LogP contribution is 2.30. The molecule has 2 aromatic rings. The van der Waals surface area contributed by atoms with E-state index in [9.17, 15) is 9.59 Å². The Bertz CT molecular complexity index is 999. The van der Waals surface area contributed by atoms with Gasteiger partial charge in [0, 0.05) is 31.1 Å². The van der Waals surface area contributed by atoms with Gasteiger partial charge in [-0.15, -0.1) is 11.3 Å². The first-order valence-electron chi connectivity index (χ1n) is 9.45. The Morgan fingerprint density at radius 2 is 2.15 bits per heavy atom. The number of thiophene rings is 1. The lowest BCUT2D eigenvalue weighted by atomic mass is 10.2. The van der Waals surface area contributed by atoms with Crippen LogP contribution in [0.4, 0.5) is 0 Å². The van der Waals surface area contributed by atoms with Crippen molar-refractivity contribution < 1.29 is 4.74 Å². The number of hydrogen-bond donors (Lipinski definition) is 2. The summed E-state index contributed by atoms with van der Waals surface area (Å²) in [5, 5.41) is 11.6. The van der Waals surface area contributed by atoms with Crippen molar-refractivity contribution in [3.63, 3.8) is 0 Å². The highest BCUT2D eigenvalue weighted by Gasteiger charge is 2.25. The van der Waals surface area contributed by atoms with Gasteiger partial charge < -0.3 is 15.0 Å². The number of hydrogen-bond acceptors (Lipinski definition) is 5. The minimum absolute atomic E-state index is 0.0236. The first-order chi connectivity index (χ1) is 13.0. The van der Waals surface area contributed by atoms with Gasteiger partial charge in [-0.3, -0.25) is 19.3 Å². The van der Waals surface area contributed by atoms with Crippen molar-refractivity contribution in [1.29, 1.82) is 5.41 Å². The molecule has 2 aliphatic rings. The highest BCUT2D eigenvalue weighted by atomic mass is 32.1. The van der Waals surface area contributed by atoms with Gasteiger partial charge in [-0.25, -0.2) is 4.79 Å². The fourth-order valence-electron chi connectivity index (χ4n) is 3.89. The number of fused-ring (bicyclic) bond motifs is 1. The normalized spacial score (nSPS) is 20.0. The zero-order chi connectivity index (χ0) is 19.1. The maximum Gasteiger partial charge on any atom is 0.332 e. The van der Waals surface area contributed by atoms with Gasteiger partial charge in [-0.05, 0) is 32.3 Å². The fourth-order valence-corrected chi connectivity index (χ4v) is 5.20. The van der Waals surface area contributed by atoms with Gasteiger partial charge in [0.05, 0.1) is 24.6 Å². The molecule has 9 heteroatoms. The maximum absolute atomic E-state index is 13.0. The lowest BCUT2D eigenvalue weighted by Crippen LogP contribution is -2.40. The zero-order valence-electron chi connectivity index (χ0n) is 15.7. The topological polar surface area (TPSA) is 92.4 Å². The molecule has 2 fully saturated rings. The SMILES string of the molecule is CCn1c(=O)c2c(C)c(CN3CCNC3=N)sc2n(CC2CCCO2)c1=O. The van der Waals surface area contributed by atoms with Crippen LogP contribution >= 0.6 is 11.3 Å². The Morgan fingerprint density at radius 3 is 2.78 bits per heavy atom. The van der Waals surface area contributed by atoms with Gasteiger partial charge in [0.1, 0.15) is 4.83 Å². The van der Waals surface area contributed by atoms with E-state index in [-0.39, 0.29) is 17.4 Å². The molecule has 0 radical (unpaired) electrons. The summed E-state index contributed by atoms with van der Waals surface area (Å²) in [6, 6.07) is 0. The number of aryl methyl sites for hydroxylation is 1. The van der Waals surface area contributed by atoms with Crippen molar-refractivity contribution in [2.45, 2.75) is 52.4 Å². The smallest absolute Gasteiger partial charge is 0.332 e. The van der Waals surface area contributed by atoms with E-state index in [1.165, 1.54) is 15.9 Å². The molecule has 0 aliphatic carbocycles. The van der Waals surface area contributed by atoms with E-state index in [4.69, 9.17) is 10.1 Å². The zero-order valence-corrected chi connectivity index (χ0v) is 16.5. The lowest BCUT2D eigenvalue weighted by Gasteiger charge is -2.15. The molecule has 2 saturated heterocycles. The average Bonchev–Trinajstić information content (AvgIpc) is 3.36. The third-order valence-electron chi connectivity index (χ3n) is 5.44. The molecule has 1 atom stereocenters. The minimum atomic E-state index is -0.256.